The number of nitrogens with one attached hydrogen (secondary N) is 2. The van der Waals surface area contributed by atoms with Crippen molar-refractivity contribution in [2.75, 3.05) is 12.4 Å². The zero-order valence-electron chi connectivity index (χ0n) is 13.7. The van der Waals surface area contributed by atoms with Gasteiger partial charge in [0.1, 0.15) is 5.75 Å². The highest BCUT2D eigenvalue weighted by atomic mass is 16.5. The first-order valence-electron chi connectivity index (χ1n) is 7.54. The lowest BCUT2D eigenvalue weighted by Crippen LogP contribution is -2.20. The number of anilines is 1. The number of methoxy groups -OCH3 is 1. The fourth-order valence-electron chi connectivity index (χ4n) is 2.14. The first kappa shape index (κ1) is 17.3. The van der Waals surface area contributed by atoms with Crippen molar-refractivity contribution in [3.8, 4) is 5.75 Å². The summed E-state index contributed by atoms with van der Waals surface area (Å²) in [6.45, 7) is 1.86. The Bertz CT molecular complexity index is 737. The van der Waals surface area contributed by atoms with Crippen LogP contribution in [0.3, 0.4) is 0 Å². The third-order valence-electron chi connectivity index (χ3n) is 3.30. The van der Waals surface area contributed by atoms with Crippen molar-refractivity contribution in [2.45, 2.75) is 13.5 Å². The fourth-order valence-corrected chi connectivity index (χ4v) is 2.14. The van der Waals surface area contributed by atoms with Gasteiger partial charge in [-0.25, -0.2) is 0 Å². The van der Waals surface area contributed by atoms with Crippen molar-refractivity contribution < 1.29 is 14.3 Å². The molecule has 0 fully saturated rings. The zero-order chi connectivity index (χ0) is 17.4. The molecular weight excluding hydrogens is 304 g/mol. The highest BCUT2D eigenvalue weighted by molar-refractivity contribution is 5.92. The molecule has 5 nitrogen and oxygen atoms in total. The minimum absolute atomic E-state index is 0.117. The van der Waals surface area contributed by atoms with E-state index in [4.69, 9.17) is 4.74 Å². The summed E-state index contributed by atoms with van der Waals surface area (Å²) < 4.78 is 5.25. The van der Waals surface area contributed by atoms with Crippen molar-refractivity contribution in [1.82, 2.24) is 5.32 Å². The summed E-state index contributed by atoms with van der Waals surface area (Å²) >= 11 is 0. The van der Waals surface area contributed by atoms with E-state index >= 15 is 0 Å². The van der Waals surface area contributed by atoms with Gasteiger partial charge in [-0.1, -0.05) is 30.3 Å². The molecule has 2 N–H and O–H groups in total. The van der Waals surface area contributed by atoms with E-state index in [-0.39, 0.29) is 11.8 Å². The van der Waals surface area contributed by atoms with Crippen molar-refractivity contribution in [1.29, 1.82) is 0 Å². The maximum absolute atomic E-state index is 11.9. The van der Waals surface area contributed by atoms with Gasteiger partial charge in [-0.3, -0.25) is 9.59 Å². The predicted molar refractivity (Wildman–Crippen MR) is 94.6 cm³/mol. The van der Waals surface area contributed by atoms with Gasteiger partial charge >= 0.3 is 0 Å². The molecule has 124 valence electrons. The van der Waals surface area contributed by atoms with Gasteiger partial charge in [-0.15, -0.1) is 0 Å². The van der Waals surface area contributed by atoms with E-state index in [1.807, 2.05) is 36.4 Å². The molecular formula is C19H20N2O3. The van der Waals surface area contributed by atoms with E-state index in [0.29, 0.717) is 6.54 Å². The van der Waals surface area contributed by atoms with Gasteiger partial charge in [-0.2, -0.15) is 0 Å². The second-order valence-electron chi connectivity index (χ2n) is 5.17. The van der Waals surface area contributed by atoms with Crippen LogP contribution in [0.5, 0.6) is 5.75 Å². The number of rotatable bonds is 6. The number of hydrogen-bond acceptors (Lipinski definition) is 3. The third kappa shape index (κ3) is 5.28. The highest BCUT2D eigenvalue weighted by Crippen LogP contribution is 2.16. The van der Waals surface area contributed by atoms with Crippen LogP contribution in [0, 0.1) is 0 Å². The molecule has 2 aromatic rings. The van der Waals surface area contributed by atoms with E-state index in [1.165, 1.54) is 13.0 Å². The molecule has 2 amide bonds. The van der Waals surface area contributed by atoms with E-state index in [9.17, 15) is 9.59 Å². The minimum Gasteiger partial charge on any atom is -0.496 e. The number of ether oxygens (including phenoxy) is 1. The molecule has 2 rings (SSSR count). The van der Waals surface area contributed by atoms with Crippen LogP contribution in [0.25, 0.3) is 6.08 Å². The average Bonchev–Trinajstić information content (AvgIpc) is 2.59. The topological polar surface area (TPSA) is 67.4 Å². The first-order valence-corrected chi connectivity index (χ1v) is 7.54. The van der Waals surface area contributed by atoms with Crippen LogP contribution < -0.4 is 15.4 Å². The largest absolute Gasteiger partial charge is 0.496 e. The molecule has 0 unspecified atom stereocenters. The van der Waals surface area contributed by atoms with E-state index < -0.39 is 0 Å². The highest BCUT2D eigenvalue weighted by Gasteiger charge is 2.02. The van der Waals surface area contributed by atoms with E-state index in [0.717, 1.165) is 22.6 Å². The average molecular weight is 324 g/mol. The predicted octanol–water partition coefficient (Wildman–Crippen LogP) is 2.98. The molecule has 0 atom stereocenters. The number of hydrogen-bond donors (Lipinski definition) is 2. The Labute approximate surface area is 141 Å². The molecule has 0 aromatic heterocycles. The van der Waals surface area contributed by atoms with Crippen LogP contribution in [0.2, 0.25) is 0 Å². The van der Waals surface area contributed by atoms with Gasteiger partial charge in [0.25, 0.3) is 0 Å². The summed E-state index contributed by atoms with van der Waals surface area (Å²) in [5.41, 5.74) is 2.51. The summed E-state index contributed by atoms with van der Waals surface area (Å²) in [4.78, 5) is 22.9. The second-order valence-corrected chi connectivity index (χ2v) is 5.17. The van der Waals surface area contributed by atoms with E-state index in [2.05, 4.69) is 10.6 Å². The van der Waals surface area contributed by atoms with Crippen molar-refractivity contribution in [3.05, 3.63) is 65.7 Å². The number of amides is 2. The van der Waals surface area contributed by atoms with Crippen molar-refractivity contribution in [3.63, 3.8) is 0 Å². The van der Waals surface area contributed by atoms with Crippen LogP contribution in [-0.2, 0) is 16.1 Å². The molecule has 0 bridgehead atoms. The lowest BCUT2D eigenvalue weighted by molar-refractivity contribution is -0.116. The number of para-hydroxylation sites is 1. The lowest BCUT2D eigenvalue weighted by atomic mass is 10.2. The lowest BCUT2D eigenvalue weighted by Gasteiger charge is -2.08. The van der Waals surface area contributed by atoms with Gasteiger partial charge in [-0.05, 0) is 29.8 Å². The molecule has 0 spiro atoms. The van der Waals surface area contributed by atoms with Crippen LogP contribution in [0.1, 0.15) is 18.1 Å². The Morgan fingerprint density at radius 2 is 1.79 bits per heavy atom. The van der Waals surface area contributed by atoms with Crippen LogP contribution in [-0.4, -0.2) is 18.9 Å². The van der Waals surface area contributed by atoms with Crippen molar-refractivity contribution in [2.24, 2.45) is 0 Å². The Morgan fingerprint density at radius 3 is 2.46 bits per heavy atom. The smallest absolute Gasteiger partial charge is 0.244 e. The van der Waals surface area contributed by atoms with Gasteiger partial charge in [0, 0.05) is 30.8 Å². The van der Waals surface area contributed by atoms with Crippen LogP contribution in [0.4, 0.5) is 5.69 Å². The summed E-state index contributed by atoms with van der Waals surface area (Å²) in [6.07, 6.45) is 3.19. The fraction of sp³-hybridized carbons (Fsp3) is 0.158. The normalized spacial score (nSPS) is 10.4. The minimum atomic E-state index is -0.188. The summed E-state index contributed by atoms with van der Waals surface area (Å²) in [5, 5.41) is 5.51. The van der Waals surface area contributed by atoms with Crippen LogP contribution >= 0.6 is 0 Å². The Balaban J connectivity index is 1.89. The van der Waals surface area contributed by atoms with Crippen molar-refractivity contribution >= 4 is 23.6 Å². The molecule has 0 saturated heterocycles. The van der Waals surface area contributed by atoms with Gasteiger partial charge in [0.15, 0.2) is 0 Å². The Morgan fingerprint density at radius 1 is 1.08 bits per heavy atom. The van der Waals surface area contributed by atoms with Crippen LogP contribution in [0.15, 0.2) is 54.6 Å². The molecule has 0 radical (unpaired) electrons. The summed E-state index contributed by atoms with van der Waals surface area (Å²) in [5.74, 6) is 0.441. The summed E-state index contributed by atoms with van der Waals surface area (Å²) in [6, 6.07) is 14.8. The third-order valence-corrected chi connectivity index (χ3v) is 3.30. The second kappa shape index (κ2) is 8.53. The monoisotopic (exact) mass is 324 g/mol. The molecule has 0 aliphatic rings. The SMILES string of the molecule is COc1ccccc1CNC(=O)/C=C/c1ccc(NC(C)=O)cc1. The number of carbonyl (C=O) groups is 2. The van der Waals surface area contributed by atoms with Gasteiger partial charge in [0.2, 0.25) is 11.8 Å². The molecule has 2 aromatic carbocycles. The maximum atomic E-state index is 11.9. The van der Waals surface area contributed by atoms with Gasteiger partial charge < -0.3 is 15.4 Å². The molecule has 5 heteroatoms. The zero-order valence-corrected chi connectivity index (χ0v) is 13.7. The molecule has 24 heavy (non-hydrogen) atoms. The van der Waals surface area contributed by atoms with Gasteiger partial charge in [0.05, 0.1) is 7.11 Å². The Kier molecular flexibility index (Phi) is 6.14. The number of benzene rings is 2. The molecule has 0 heterocycles. The standard InChI is InChI=1S/C19H20N2O3/c1-14(22)21-17-10-7-15(8-11-17)9-12-19(23)20-13-16-5-3-4-6-18(16)24-2/h3-12H,13H2,1-2H3,(H,20,23)(H,21,22)/b12-9+. The summed E-state index contributed by atoms with van der Waals surface area (Å²) in [7, 11) is 1.60. The first-order chi connectivity index (χ1) is 11.6. The molecule has 0 aliphatic carbocycles. The maximum Gasteiger partial charge on any atom is 0.244 e. The van der Waals surface area contributed by atoms with E-state index in [1.54, 1.807) is 25.3 Å². The number of carbonyl (C=O) groups excluding carboxylic acids is 2. The Hall–Kier alpha value is -3.08. The molecule has 0 saturated carbocycles. The molecule has 0 aliphatic heterocycles. The quantitative estimate of drug-likeness (QED) is 0.803.